The van der Waals surface area contributed by atoms with Crippen molar-refractivity contribution in [2.75, 3.05) is 36.9 Å². The van der Waals surface area contributed by atoms with Crippen LogP contribution in [-0.2, 0) is 16.2 Å². The van der Waals surface area contributed by atoms with Gasteiger partial charge >= 0.3 is 6.18 Å². The molecule has 6 nitrogen and oxygen atoms in total. The number of benzene rings is 2. The maximum atomic E-state index is 13.2. The summed E-state index contributed by atoms with van der Waals surface area (Å²) in [6, 6.07) is 7.27. The van der Waals surface area contributed by atoms with Crippen LogP contribution in [-0.4, -0.2) is 35.7 Å². The molecule has 2 aromatic carbocycles. The Kier molecular flexibility index (Phi) is 5.83. The Morgan fingerprint density at radius 1 is 1.00 bits per heavy atom. The lowest BCUT2D eigenvalue weighted by molar-refractivity contribution is -0.137. The summed E-state index contributed by atoms with van der Waals surface area (Å²) in [6.07, 6.45) is -2.83. The Morgan fingerprint density at radius 2 is 1.69 bits per heavy atom. The molecule has 1 N–H and O–H groups in total. The molecule has 1 aliphatic rings. The second-order valence-corrected chi connectivity index (χ2v) is 8.20. The van der Waals surface area contributed by atoms with Gasteiger partial charge in [-0.05, 0) is 43.2 Å². The zero-order valence-corrected chi connectivity index (χ0v) is 16.7. The van der Waals surface area contributed by atoms with E-state index in [4.69, 9.17) is 9.47 Å². The lowest BCUT2D eigenvalue weighted by Crippen LogP contribution is -2.22. The van der Waals surface area contributed by atoms with Gasteiger partial charge in [-0.25, -0.2) is 8.42 Å². The van der Waals surface area contributed by atoms with Crippen molar-refractivity contribution in [3.05, 3.63) is 42.0 Å². The van der Waals surface area contributed by atoms with Crippen LogP contribution in [0.5, 0.6) is 11.5 Å². The van der Waals surface area contributed by atoms with E-state index in [1.165, 1.54) is 38.5 Å². The van der Waals surface area contributed by atoms with Gasteiger partial charge in [0.1, 0.15) is 16.4 Å². The number of nitrogens with one attached hydrogen (secondary N) is 1. The molecule has 1 aliphatic heterocycles. The van der Waals surface area contributed by atoms with E-state index in [9.17, 15) is 21.6 Å². The molecule has 1 heterocycles. The van der Waals surface area contributed by atoms with Crippen molar-refractivity contribution in [2.45, 2.75) is 23.9 Å². The first kappa shape index (κ1) is 21.1. The summed E-state index contributed by atoms with van der Waals surface area (Å²) in [5.41, 5.74) is -0.664. The van der Waals surface area contributed by atoms with Gasteiger partial charge < -0.3 is 14.4 Å². The summed E-state index contributed by atoms with van der Waals surface area (Å²) >= 11 is 0. The number of hydrogen-bond donors (Lipinski definition) is 1. The molecule has 3 rings (SSSR count). The fourth-order valence-electron chi connectivity index (χ4n) is 3.22. The standard InChI is InChI=1S/C19H21F3N2O4S/c1-27-14-6-8-17(28-2)18(12-14)29(25,26)23-15-11-13(19(20,21)22)5-7-16(15)24-9-3-4-10-24/h5-8,11-12,23H,3-4,9-10H2,1-2H3. The zero-order chi connectivity index (χ0) is 21.2. The van der Waals surface area contributed by atoms with Gasteiger partial charge in [0.2, 0.25) is 0 Å². The van der Waals surface area contributed by atoms with E-state index in [0.717, 1.165) is 25.0 Å². The number of methoxy groups -OCH3 is 2. The third-order valence-electron chi connectivity index (χ3n) is 4.68. The maximum Gasteiger partial charge on any atom is 0.416 e. The Labute approximate surface area is 167 Å². The molecule has 0 unspecified atom stereocenters. The van der Waals surface area contributed by atoms with Crippen LogP contribution in [0.2, 0.25) is 0 Å². The van der Waals surface area contributed by atoms with E-state index >= 15 is 0 Å². The number of anilines is 2. The first-order valence-electron chi connectivity index (χ1n) is 8.87. The van der Waals surface area contributed by atoms with Gasteiger partial charge in [0, 0.05) is 19.2 Å². The summed E-state index contributed by atoms with van der Waals surface area (Å²) in [5.74, 6) is 0.322. The van der Waals surface area contributed by atoms with E-state index in [2.05, 4.69) is 4.72 Å². The summed E-state index contributed by atoms with van der Waals surface area (Å²) in [7, 11) is -1.57. The molecule has 0 amide bonds. The van der Waals surface area contributed by atoms with Crippen LogP contribution < -0.4 is 19.1 Å². The summed E-state index contributed by atoms with van der Waals surface area (Å²) in [5, 5.41) is 0. The topological polar surface area (TPSA) is 67.9 Å². The molecule has 158 valence electrons. The molecule has 0 bridgehead atoms. The monoisotopic (exact) mass is 430 g/mol. The first-order valence-corrected chi connectivity index (χ1v) is 10.3. The predicted molar refractivity (Wildman–Crippen MR) is 103 cm³/mol. The quantitative estimate of drug-likeness (QED) is 0.747. The highest BCUT2D eigenvalue weighted by molar-refractivity contribution is 7.92. The SMILES string of the molecule is COc1ccc(OC)c(S(=O)(=O)Nc2cc(C(F)(F)F)ccc2N2CCCC2)c1. The van der Waals surface area contributed by atoms with E-state index < -0.39 is 21.8 Å². The molecule has 0 atom stereocenters. The van der Waals surface area contributed by atoms with Crippen molar-refractivity contribution in [1.29, 1.82) is 0 Å². The Morgan fingerprint density at radius 3 is 2.28 bits per heavy atom. The minimum Gasteiger partial charge on any atom is -0.497 e. The highest BCUT2D eigenvalue weighted by Crippen LogP contribution is 2.38. The minimum atomic E-state index is -4.60. The fourth-order valence-corrected chi connectivity index (χ4v) is 4.47. The second kappa shape index (κ2) is 8.02. The average molecular weight is 430 g/mol. The maximum absolute atomic E-state index is 13.2. The van der Waals surface area contributed by atoms with Crippen molar-refractivity contribution in [2.24, 2.45) is 0 Å². The largest absolute Gasteiger partial charge is 0.497 e. The number of halogens is 3. The van der Waals surface area contributed by atoms with Crippen LogP contribution in [0, 0.1) is 0 Å². The molecule has 0 aliphatic carbocycles. The molecular formula is C19H21F3N2O4S. The van der Waals surface area contributed by atoms with Crippen LogP contribution in [0.1, 0.15) is 18.4 Å². The summed E-state index contributed by atoms with van der Waals surface area (Å²) < 4.78 is 78.2. The van der Waals surface area contributed by atoms with Gasteiger partial charge in [0.05, 0.1) is 31.2 Å². The van der Waals surface area contributed by atoms with Gasteiger partial charge in [0.15, 0.2) is 0 Å². The Hall–Kier alpha value is -2.62. The molecule has 2 aromatic rings. The van der Waals surface area contributed by atoms with Crippen LogP contribution in [0.25, 0.3) is 0 Å². The van der Waals surface area contributed by atoms with Crippen molar-refractivity contribution in [1.82, 2.24) is 0 Å². The fraction of sp³-hybridized carbons (Fsp3) is 0.368. The molecule has 10 heteroatoms. The van der Waals surface area contributed by atoms with Crippen LogP contribution in [0.15, 0.2) is 41.3 Å². The minimum absolute atomic E-state index is 0.0491. The van der Waals surface area contributed by atoms with Crippen LogP contribution in [0.4, 0.5) is 24.5 Å². The number of sulfonamides is 1. The average Bonchev–Trinajstić information content (AvgIpc) is 3.21. The van der Waals surface area contributed by atoms with Gasteiger partial charge in [0.25, 0.3) is 10.0 Å². The molecule has 1 saturated heterocycles. The van der Waals surface area contributed by atoms with Crippen LogP contribution in [0.3, 0.4) is 0 Å². The third-order valence-corrected chi connectivity index (χ3v) is 6.06. The van der Waals surface area contributed by atoms with Gasteiger partial charge in [-0.15, -0.1) is 0 Å². The summed E-state index contributed by atoms with van der Waals surface area (Å²) in [6.45, 7) is 1.28. The van der Waals surface area contributed by atoms with E-state index in [1.54, 1.807) is 0 Å². The third kappa shape index (κ3) is 4.52. The number of ether oxygens (including phenoxy) is 2. The molecule has 0 aromatic heterocycles. The predicted octanol–water partition coefficient (Wildman–Crippen LogP) is 4.12. The van der Waals surface area contributed by atoms with E-state index in [1.807, 2.05) is 4.90 Å². The van der Waals surface area contributed by atoms with Crippen LogP contribution >= 0.6 is 0 Å². The lowest BCUT2D eigenvalue weighted by Gasteiger charge is -2.23. The zero-order valence-electron chi connectivity index (χ0n) is 15.9. The molecule has 0 saturated carbocycles. The van der Waals surface area contributed by atoms with E-state index in [0.29, 0.717) is 18.8 Å². The Balaban J connectivity index is 2.07. The molecular weight excluding hydrogens is 409 g/mol. The highest BCUT2D eigenvalue weighted by Gasteiger charge is 2.33. The van der Waals surface area contributed by atoms with Gasteiger partial charge in [-0.1, -0.05) is 0 Å². The number of hydrogen-bond acceptors (Lipinski definition) is 5. The van der Waals surface area contributed by atoms with E-state index in [-0.39, 0.29) is 22.1 Å². The van der Waals surface area contributed by atoms with Crippen molar-refractivity contribution in [3.63, 3.8) is 0 Å². The molecule has 0 spiro atoms. The number of alkyl halides is 3. The number of nitrogens with zero attached hydrogens (tertiary/aromatic N) is 1. The van der Waals surface area contributed by atoms with Gasteiger partial charge in [-0.3, -0.25) is 4.72 Å². The molecule has 0 radical (unpaired) electrons. The van der Waals surface area contributed by atoms with Crippen molar-refractivity contribution < 1.29 is 31.1 Å². The van der Waals surface area contributed by atoms with Crippen molar-refractivity contribution >= 4 is 21.4 Å². The lowest BCUT2D eigenvalue weighted by atomic mass is 10.1. The number of rotatable bonds is 6. The second-order valence-electron chi connectivity index (χ2n) is 6.55. The Bertz CT molecular complexity index is 987. The normalized spacial score (nSPS) is 14.7. The van der Waals surface area contributed by atoms with Crippen molar-refractivity contribution in [3.8, 4) is 11.5 Å². The van der Waals surface area contributed by atoms with Gasteiger partial charge in [-0.2, -0.15) is 13.2 Å². The molecule has 29 heavy (non-hydrogen) atoms. The highest BCUT2D eigenvalue weighted by atomic mass is 32.2. The smallest absolute Gasteiger partial charge is 0.416 e. The molecule has 1 fully saturated rings. The first-order chi connectivity index (χ1) is 13.7. The summed E-state index contributed by atoms with van der Waals surface area (Å²) in [4.78, 5) is 1.63.